The highest BCUT2D eigenvalue weighted by Gasteiger charge is 2.15. The molecule has 0 saturated carbocycles. The summed E-state index contributed by atoms with van der Waals surface area (Å²) in [6.45, 7) is 3.95. The van der Waals surface area contributed by atoms with Crippen LogP contribution in [0, 0.1) is 31.0 Å². The van der Waals surface area contributed by atoms with E-state index in [1.807, 2.05) is 32.0 Å². The zero-order chi connectivity index (χ0) is 24.0. The van der Waals surface area contributed by atoms with Crippen LogP contribution in [-0.4, -0.2) is 13.0 Å². The van der Waals surface area contributed by atoms with Crippen LogP contribution in [0.25, 0.3) is 6.08 Å². The lowest BCUT2D eigenvalue weighted by molar-refractivity contribution is -0.112. The number of nitriles is 1. The Bertz CT molecular complexity index is 1260. The number of aryl methyl sites for hydroxylation is 2. The molecule has 0 aliphatic rings. The Hall–Kier alpha value is -3.63. The largest absolute Gasteiger partial charge is 0.493 e. The molecule has 0 saturated heterocycles. The van der Waals surface area contributed by atoms with Crippen LogP contribution in [-0.2, 0) is 11.4 Å². The topological polar surface area (TPSA) is 71.3 Å². The van der Waals surface area contributed by atoms with Crippen LogP contribution in [0.4, 0.5) is 10.1 Å². The number of carbonyl (C=O) groups is 1. The number of nitrogens with one attached hydrogen (secondary N) is 1. The van der Waals surface area contributed by atoms with Crippen molar-refractivity contribution in [2.45, 2.75) is 20.5 Å². The molecule has 168 valence electrons. The number of carbonyl (C=O) groups excluding carboxylic acids is 1. The van der Waals surface area contributed by atoms with Gasteiger partial charge < -0.3 is 14.8 Å². The van der Waals surface area contributed by atoms with E-state index < -0.39 is 5.91 Å². The lowest BCUT2D eigenvalue weighted by Gasteiger charge is -2.14. The van der Waals surface area contributed by atoms with E-state index >= 15 is 0 Å². The number of rotatable bonds is 7. The summed E-state index contributed by atoms with van der Waals surface area (Å²) in [5.41, 5.74) is 3.66. The molecule has 0 fully saturated rings. The number of hydrogen-bond acceptors (Lipinski definition) is 4. The predicted molar refractivity (Wildman–Crippen MR) is 130 cm³/mol. The van der Waals surface area contributed by atoms with Gasteiger partial charge in [-0.05, 0) is 82.9 Å². The third-order valence-electron chi connectivity index (χ3n) is 5.02. The molecule has 1 N–H and O–H groups in total. The fraction of sp³-hybridized carbons (Fsp3) is 0.154. The molecule has 33 heavy (non-hydrogen) atoms. The lowest BCUT2D eigenvalue weighted by Crippen LogP contribution is -2.13. The lowest BCUT2D eigenvalue weighted by atomic mass is 10.1. The first-order valence-electron chi connectivity index (χ1n) is 10.1. The van der Waals surface area contributed by atoms with Gasteiger partial charge >= 0.3 is 0 Å². The van der Waals surface area contributed by atoms with Crippen molar-refractivity contribution >= 4 is 33.6 Å². The molecule has 0 heterocycles. The number of methoxy groups -OCH3 is 1. The molecule has 0 atom stereocenters. The average molecular weight is 509 g/mol. The zero-order valence-corrected chi connectivity index (χ0v) is 20.0. The Morgan fingerprint density at radius 2 is 1.91 bits per heavy atom. The number of anilines is 1. The highest BCUT2D eigenvalue weighted by atomic mass is 79.9. The number of ether oxygens (including phenoxy) is 2. The van der Waals surface area contributed by atoms with Crippen molar-refractivity contribution in [1.29, 1.82) is 5.26 Å². The molecule has 0 aromatic heterocycles. The molecule has 0 unspecified atom stereocenters. The Morgan fingerprint density at radius 3 is 2.58 bits per heavy atom. The van der Waals surface area contributed by atoms with Gasteiger partial charge in [0.15, 0.2) is 11.5 Å². The summed E-state index contributed by atoms with van der Waals surface area (Å²) in [6.07, 6.45) is 1.46. The van der Waals surface area contributed by atoms with Gasteiger partial charge in [0.1, 0.15) is 24.1 Å². The van der Waals surface area contributed by atoms with Gasteiger partial charge in [0.2, 0.25) is 0 Å². The second-order valence-corrected chi connectivity index (χ2v) is 8.19. The second kappa shape index (κ2) is 10.8. The van der Waals surface area contributed by atoms with Gasteiger partial charge in [-0.2, -0.15) is 5.26 Å². The molecule has 3 aromatic rings. The minimum absolute atomic E-state index is 0.0125. The standard InChI is InChI=1S/C26H22BrFN2O3/c1-16-8-9-21(10-17(16)2)30-26(31)20(14-29)11-18-12-22(27)25(24(13-18)32-3)33-15-19-6-4-5-7-23(19)28/h4-13H,15H2,1-3H3,(H,30,31)/b20-11+. The summed E-state index contributed by atoms with van der Waals surface area (Å²) in [6, 6.07) is 17.2. The van der Waals surface area contributed by atoms with Crippen molar-refractivity contribution in [3.63, 3.8) is 0 Å². The summed E-state index contributed by atoms with van der Waals surface area (Å²) in [4.78, 5) is 12.6. The smallest absolute Gasteiger partial charge is 0.266 e. The second-order valence-electron chi connectivity index (χ2n) is 7.34. The predicted octanol–water partition coefficient (Wildman–Crippen LogP) is 6.34. The van der Waals surface area contributed by atoms with Crippen molar-refractivity contribution < 1.29 is 18.7 Å². The van der Waals surface area contributed by atoms with E-state index in [2.05, 4.69) is 21.2 Å². The Morgan fingerprint density at radius 1 is 1.15 bits per heavy atom. The van der Waals surface area contributed by atoms with E-state index in [1.165, 1.54) is 19.3 Å². The maximum atomic E-state index is 13.9. The summed E-state index contributed by atoms with van der Waals surface area (Å²) in [5.74, 6) is -0.119. The maximum absolute atomic E-state index is 13.9. The number of halogens is 2. The quantitative estimate of drug-likeness (QED) is 0.298. The number of nitrogens with zero attached hydrogens (tertiary/aromatic N) is 1. The highest BCUT2D eigenvalue weighted by molar-refractivity contribution is 9.10. The highest BCUT2D eigenvalue weighted by Crippen LogP contribution is 2.38. The van der Waals surface area contributed by atoms with E-state index in [0.29, 0.717) is 32.8 Å². The van der Waals surface area contributed by atoms with Crippen molar-refractivity contribution in [1.82, 2.24) is 0 Å². The molecule has 0 aliphatic carbocycles. The number of amides is 1. The molecule has 0 spiro atoms. The monoisotopic (exact) mass is 508 g/mol. The molecular weight excluding hydrogens is 487 g/mol. The van der Waals surface area contributed by atoms with E-state index in [0.717, 1.165) is 11.1 Å². The van der Waals surface area contributed by atoms with Crippen LogP contribution in [0.2, 0.25) is 0 Å². The van der Waals surface area contributed by atoms with E-state index in [9.17, 15) is 14.4 Å². The summed E-state index contributed by atoms with van der Waals surface area (Å²) >= 11 is 3.44. The third kappa shape index (κ3) is 5.99. The number of benzene rings is 3. The average Bonchev–Trinajstić information content (AvgIpc) is 2.79. The molecular formula is C26H22BrFN2O3. The number of hydrogen-bond donors (Lipinski definition) is 1. The normalized spacial score (nSPS) is 11.0. The fourth-order valence-electron chi connectivity index (χ4n) is 3.06. The van der Waals surface area contributed by atoms with Gasteiger partial charge in [0, 0.05) is 11.3 Å². The van der Waals surface area contributed by atoms with Gasteiger partial charge in [0.25, 0.3) is 5.91 Å². The minimum Gasteiger partial charge on any atom is -0.493 e. The molecule has 1 amide bonds. The van der Waals surface area contributed by atoms with E-state index in [1.54, 1.807) is 36.4 Å². The van der Waals surface area contributed by atoms with Gasteiger partial charge in [-0.15, -0.1) is 0 Å². The Kier molecular flexibility index (Phi) is 7.86. The third-order valence-corrected chi connectivity index (χ3v) is 5.61. The SMILES string of the molecule is COc1cc(/C=C(\C#N)C(=O)Nc2ccc(C)c(C)c2)cc(Br)c1OCc1ccccc1F. The Balaban J connectivity index is 1.83. The van der Waals surface area contributed by atoms with E-state index in [4.69, 9.17) is 9.47 Å². The fourth-order valence-corrected chi connectivity index (χ4v) is 3.64. The first-order chi connectivity index (χ1) is 15.8. The first-order valence-corrected chi connectivity index (χ1v) is 10.9. The van der Waals surface area contributed by atoms with Gasteiger partial charge in [-0.25, -0.2) is 4.39 Å². The summed E-state index contributed by atoms with van der Waals surface area (Å²) < 4.78 is 25.6. The van der Waals surface area contributed by atoms with Gasteiger partial charge in [-0.3, -0.25) is 4.79 Å². The molecule has 3 aromatic carbocycles. The molecule has 0 aliphatic heterocycles. The molecule has 5 nitrogen and oxygen atoms in total. The van der Waals surface area contributed by atoms with Crippen molar-refractivity contribution in [2.24, 2.45) is 0 Å². The molecule has 3 rings (SSSR count). The van der Waals surface area contributed by atoms with Crippen LogP contribution in [0.1, 0.15) is 22.3 Å². The van der Waals surface area contributed by atoms with Crippen molar-refractivity contribution in [3.05, 3.63) is 92.7 Å². The first kappa shape index (κ1) is 24.0. The molecule has 0 radical (unpaired) electrons. The summed E-state index contributed by atoms with van der Waals surface area (Å²) in [7, 11) is 1.48. The van der Waals surface area contributed by atoms with Crippen LogP contribution in [0.5, 0.6) is 11.5 Å². The zero-order valence-electron chi connectivity index (χ0n) is 18.4. The van der Waals surface area contributed by atoms with Crippen molar-refractivity contribution in [3.8, 4) is 17.6 Å². The minimum atomic E-state index is -0.518. The van der Waals surface area contributed by atoms with Crippen LogP contribution in [0.15, 0.2) is 64.6 Å². The van der Waals surface area contributed by atoms with Crippen molar-refractivity contribution in [2.75, 3.05) is 12.4 Å². The Labute approximate surface area is 200 Å². The van der Waals surface area contributed by atoms with Crippen LogP contribution < -0.4 is 14.8 Å². The van der Waals surface area contributed by atoms with Crippen LogP contribution >= 0.6 is 15.9 Å². The van der Waals surface area contributed by atoms with Gasteiger partial charge in [-0.1, -0.05) is 24.3 Å². The summed E-state index contributed by atoms with van der Waals surface area (Å²) in [5, 5.41) is 12.3. The molecule has 7 heteroatoms. The maximum Gasteiger partial charge on any atom is 0.266 e. The van der Waals surface area contributed by atoms with Gasteiger partial charge in [0.05, 0.1) is 11.6 Å². The molecule has 0 bridgehead atoms. The van der Waals surface area contributed by atoms with Crippen LogP contribution in [0.3, 0.4) is 0 Å². The van der Waals surface area contributed by atoms with E-state index in [-0.39, 0.29) is 18.0 Å².